The van der Waals surface area contributed by atoms with Crippen molar-refractivity contribution >= 4 is 23.3 Å². The smallest absolute Gasteiger partial charge is 0.338 e. The molecule has 1 aliphatic heterocycles. The van der Waals surface area contributed by atoms with Gasteiger partial charge in [0, 0.05) is 24.5 Å². The summed E-state index contributed by atoms with van der Waals surface area (Å²) in [5.41, 5.74) is 2.11. The number of esters is 1. The third-order valence-electron chi connectivity index (χ3n) is 4.91. The van der Waals surface area contributed by atoms with Gasteiger partial charge in [0.15, 0.2) is 18.1 Å². The minimum atomic E-state index is -0.603. The standard InChI is InChI=1S/C23H28N2O5/c1-3-29-21-15-17(7-12-20(21)28-2)23(27)30-16-22(26)24-18-8-10-19(11-9-18)25-13-5-4-6-14-25/h7-12,15H,3-6,13-14,16H2,1-2H3,(H,24,26). The van der Waals surface area contributed by atoms with Crippen LogP contribution in [0.5, 0.6) is 11.5 Å². The summed E-state index contributed by atoms with van der Waals surface area (Å²) in [6, 6.07) is 12.5. The van der Waals surface area contributed by atoms with Crippen LogP contribution in [0.3, 0.4) is 0 Å². The molecule has 0 radical (unpaired) electrons. The number of amides is 1. The minimum Gasteiger partial charge on any atom is -0.493 e. The molecule has 0 aromatic heterocycles. The van der Waals surface area contributed by atoms with Gasteiger partial charge in [0.05, 0.1) is 19.3 Å². The van der Waals surface area contributed by atoms with E-state index in [1.54, 1.807) is 18.2 Å². The van der Waals surface area contributed by atoms with E-state index in [-0.39, 0.29) is 12.2 Å². The van der Waals surface area contributed by atoms with E-state index >= 15 is 0 Å². The lowest BCUT2D eigenvalue weighted by molar-refractivity contribution is -0.119. The third kappa shape index (κ3) is 5.65. The number of methoxy groups -OCH3 is 1. The quantitative estimate of drug-likeness (QED) is 0.663. The fourth-order valence-corrected chi connectivity index (χ4v) is 3.39. The van der Waals surface area contributed by atoms with E-state index in [0.29, 0.717) is 23.8 Å². The van der Waals surface area contributed by atoms with Crippen LogP contribution in [0, 0.1) is 0 Å². The Bertz CT molecular complexity index is 860. The van der Waals surface area contributed by atoms with Crippen LogP contribution in [-0.4, -0.2) is 45.3 Å². The molecule has 1 saturated heterocycles. The van der Waals surface area contributed by atoms with Crippen LogP contribution in [0.4, 0.5) is 11.4 Å². The van der Waals surface area contributed by atoms with E-state index in [4.69, 9.17) is 14.2 Å². The normalized spacial score (nSPS) is 13.5. The first kappa shape index (κ1) is 21.5. The topological polar surface area (TPSA) is 77.1 Å². The second-order valence-corrected chi connectivity index (χ2v) is 7.02. The van der Waals surface area contributed by atoms with Crippen LogP contribution in [0.1, 0.15) is 36.5 Å². The van der Waals surface area contributed by atoms with E-state index in [0.717, 1.165) is 18.8 Å². The Kier molecular flexibility index (Phi) is 7.54. The molecule has 3 rings (SSSR count). The van der Waals surface area contributed by atoms with Gasteiger partial charge in [0.2, 0.25) is 0 Å². The molecule has 1 N–H and O–H groups in total. The molecule has 0 aliphatic carbocycles. The van der Waals surface area contributed by atoms with Gasteiger partial charge in [-0.2, -0.15) is 0 Å². The van der Waals surface area contributed by atoms with Gasteiger partial charge in [-0.05, 0) is 68.7 Å². The lowest BCUT2D eigenvalue weighted by Crippen LogP contribution is -2.29. The summed E-state index contributed by atoms with van der Waals surface area (Å²) < 4.78 is 15.8. The van der Waals surface area contributed by atoms with Crippen LogP contribution < -0.4 is 19.7 Å². The molecule has 7 nitrogen and oxygen atoms in total. The zero-order valence-electron chi connectivity index (χ0n) is 17.5. The van der Waals surface area contributed by atoms with Gasteiger partial charge in [-0.15, -0.1) is 0 Å². The monoisotopic (exact) mass is 412 g/mol. The van der Waals surface area contributed by atoms with Crippen LogP contribution in [0.25, 0.3) is 0 Å². The van der Waals surface area contributed by atoms with Crippen molar-refractivity contribution in [1.82, 2.24) is 0 Å². The molecule has 2 aromatic carbocycles. The maximum atomic E-state index is 12.3. The molecule has 0 atom stereocenters. The van der Waals surface area contributed by atoms with Crippen molar-refractivity contribution in [1.29, 1.82) is 0 Å². The number of anilines is 2. The number of hydrogen-bond acceptors (Lipinski definition) is 6. The first-order valence-electron chi connectivity index (χ1n) is 10.2. The van der Waals surface area contributed by atoms with Gasteiger partial charge >= 0.3 is 5.97 Å². The van der Waals surface area contributed by atoms with Crippen LogP contribution in [-0.2, 0) is 9.53 Å². The SMILES string of the molecule is CCOc1cc(C(=O)OCC(=O)Nc2ccc(N3CCCCC3)cc2)ccc1OC. The van der Waals surface area contributed by atoms with E-state index in [9.17, 15) is 9.59 Å². The molecule has 7 heteroatoms. The summed E-state index contributed by atoms with van der Waals surface area (Å²) in [5.74, 6) is -0.0198. The molecular formula is C23H28N2O5. The summed E-state index contributed by atoms with van der Waals surface area (Å²) in [4.78, 5) is 26.8. The molecule has 30 heavy (non-hydrogen) atoms. The molecule has 0 unspecified atom stereocenters. The highest BCUT2D eigenvalue weighted by molar-refractivity contribution is 5.95. The largest absolute Gasteiger partial charge is 0.493 e. The Morgan fingerprint density at radius 1 is 1.00 bits per heavy atom. The molecule has 1 heterocycles. The van der Waals surface area contributed by atoms with Gasteiger partial charge in [-0.25, -0.2) is 4.79 Å². The Morgan fingerprint density at radius 2 is 1.73 bits per heavy atom. The molecule has 160 valence electrons. The molecule has 0 spiro atoms. The van der Waals surface area contributed by atoms with E-state index in [1.165, 1.54) is 26.4 Å². The molecule has 0 saturated carbocycles. The highest BCUT2D eigenvalue weighted by Crippen LogP contribution is 2.28. The van der Waals surface area contributed by atoms with Gasteiger partial charge in [0.25, 0.3) is 5.91 Å². The summed E-state index contributed by atoms with van der Waals surface area (Å²) in [5, 5.41) is 2.75. The number of carbonyl (C=O) groups excluding carboxylic acids is 2. The number of nitrogens with zero attached hydrogens (tertiary/aromatic N) is 1. The van der Waals surface area contributed by atoms with Crippen molar-refractivity contribution in [2.24, 2.45) is 0 Å². The number of piperidine rings is 1. The number of carbonyl (C=O) groups is 2. The van der Waals surface area contributed by atoms with E-state index < -0.39 is 11.9 Å². The maximum Gasteiger partial charge on any atom is 0.338 e. The number of ether oxygens (including phenoxy) is 3. The fourth-order valence-electron chi connectivity index (χ4n) is 3.39. The summed E-state index contributed by atoms with van der Waals surface area (Å²) in [7, 11) is 1.53. The van der Waals surface area contributed by atoms with Gasteiger partial charge in [-0.1, -0.05) is 0 Å². The average molecular weight is 412 g/mol. The van der Waals surface area contributed by atoms with Crippen molar-refractivity contribution in [3.05, 3.63) is 48.0 Å². The second-order valence-electron chi connectivity index (χ2n) is 7.02. The van der Waals surface area contributed by atoms with Crippen LogP contribution in [0.2, 0.25) is 0 Å². The van der Waals surface area contributed by atoms with E-state index in [1.807, 2.05) is 31.2 Å². The van der Waals surface area contributed by atoms with Crippen molar-refractivity contribution < 1.29 is 23.8 Å². The Hall–Kier alpha value is -3.22. The first-order valence-corrected chi connectivity index (χ1v) is 10.2. The number of benzene rings is 2. The zero-order valence-corrected chi connectivity index (χ0v) is 17.5. The summed E-state index contributed by atoms with van der Waals surface area (Å²) in [6.07, 6.45) is 3.71. The highest BCUT2D eigenvalue weighted by atomic mass is 16.5. The zero-order chi connectivity index (χ0) is 21.3. The fraction of sp³-hybridized carbons (Fsp3) is 0.391. The summed E-state index contributed by atoms with van der Waals surface area (Å²) >= 11 is 0. The molecule has 0 bridgehead atoms. The molecule has 2 aromatic rings. The number of rotatable bonds is 8. The second kappa shape index (κ2) is 10.5. The van der Waals surface area contributed by atoms with Crippen LogP contribution in [0.15, 0.2) is 42.5 Å². The molecule has 1 aliphatic rings. The molecule has 1 fully saturated rings. The van der Waals surface area contributed by atoms with Crippen molar-refractivity contribution in [3.63, 3.8) is 0 Å². The van der Waals surface area contributed by atoms with Crippen LogP contribution >= 0.6 is 0 Å². The summed E-state index contributed by atoms with van der Waals surface area (Å²) in [6.45, 7) is 4.04. The Morgan fingerprint density at radius 3 is 2.40 bits per heavy atom. The lowest BCUT2D eigenvalue weighted by Gasteiger charge is -2.28. The number of hydrogen-bond donors (Lipinski definition) is 1. The average Bonchev–Trinajstić information content (AvgIpc) is 2.79. The predicted octanol–water partition coefficient (Wildman–Crippen LogP) is 3.88. The Balaban J connectivity index is 1.51. The minimum absolute atomic E-state index is 0.290. The molecular weight excluding hydrogens is 384 g/mol. The van der Waals surface area contributed by atoms with Gasteiger partial charge in [0.1, 0.15) is 0 Å². The van der Waals surface area contributed by atoms with Crippen molar-refractivity contribution in [2.75, 3.05) is 43.6 Å². The van der Waals surface area contributed by atoms with Gasteiger partial charge < -0.3 is 24.4 Å². The number of nitrogens with one attached hydrogen (secondary N) is 1. The third-order valence-corrected chi connectivity index (χ3v) is 4.91. The van der Waals surface area contributed by atoms with Crippen molar-refractivity contribution in [3.8, 4) is 11.5 Å². The molecule has 1 amide bonds. The Labute approximate surface area is 176 Å². The maximum absolute atomic E-state index is 12.3. The van der Waals surface area contributed by atoms with Gasteiger partial charge in [-0.3, -0.25) is 4.79 Å². The predicted molar refractivity (Wildman–Crippen MR) is 116 cm³/mol. The first-order chi connectivity index (χ1) is 14.6. The van der Waals surface area contributed by atoms with E-state index in [2.05, 4.69) is 10.2 Å². The highest BCUT2D eigenvalue weighted by Gasteiger charge is 2.15. The lowest BCUT2D eigenvalue weighted by atomic mass is 10.1. The van der Waals surface area contributed by atoms with Crippen molar-refractivity contribution in [2.45, 2.75) is 26.2 Å².